The van der Waals surface area contributed by atoms with E-state index in [1.807, 2.05) is 24.3 Å². The van der Waals surface area contributed by atoms with Crippen LogP contribution in [0, 0.1) is 5.41 Å². The number of rotatable bonds is 6. The molecular weight excluding hydrogens is 366 g/mol. The highest BCUT2D eigenvalue weighted by atomic mass is 16.6. The van der Waals surface area contributed by atoms with Crippen LogP contribution in [0.15, 0.2) is 61.2 Å². The summed E-state index contributed by atoms with van der Waals surface area (Å²) in [7, 11) is 1.38. The standard InChI is InChI=1S/C24H25NO4/c1-3-4-13-24(22(26)28-2)15-25(16-24)23(27)29-14-21-19-11-7-5-9-17(19)18-10-6-8-12-20(18)21/h3,5-12,21H,1,4,13-16H2,2H3. The summed E-state index contributed by atoms with van der Waals surface area (Å²) < 4.78 is 10.6. The number of carbonyl (C=O) groups is 2. The van der Waals surface area contributed by atoms with Crippen LogP contribution in [-0.2, 0) is 14.3 Å². The van der Waals surface area contributed by atoms with Crippen molar-refractivity contribution in [2.75, 3.05) is 26.8 Å². The van der Waals surface area contributed by atoms with Crippen molar-refractivity contribution in [3.05, 3.63) is 72.3 Å². The van der Waals surface area contributed by atoms with E-state index in [9.17, 15) is 9.59 Å². The fourth-order valence-corrected chi connectivity index (χ4v) is 4.48. The number of esters is 1. The highest BCUT2D eigenvalue weighted by molar-refractivity contribution is 5.82. The summed E-state index contributed by atoms with van der Waals surface area (Å²) in [5.41, 5.74) is 4.11. The van der Waals surface area contributed by atoms with E-state index in [4.69, 9.17) is 9.47 Å². The molecule has 2 aromatic rings. The fourth-order valence-electron chi connectivity index (χ4n) is 4.48. The van der Waals surface area contributed by atoms with Crippen molar-refractivity contribution in [2.45, 2.75) is 18.8 Å². The topological polar surface area (TPSA) is 55.8 Å². The van der Waals surface area contributed by atoms with Gasteiger partial charge in [-0.3, -0.25) is 4.79 Å². The van der Waals surface area contributed by atoms with Gasteiger partial charge in [0.05, 0.1) is 7.11 Å². The van der Waals surface area contributed by atoms with Gasteiger partial charge in [0.2, 0.25) is 0 Å². The number of ether oxygens (including phenoxy) is 2. The van der Waals surface area contributed by atoms with Gasteiger partial charge in [0, 0.05) is 19.0 Å². The van der Waals surface area contributed by atoms with Gasteiger partial charge in [0.15, 0.2) is 0 Å². The van der Waals surface area contributed by atoms with Gasteiger partial charge in [-0.1, -0.05) is 54.6 Å². The Morgan fingerprint density at radius 2 is 1.69 bits per heavy atom. The first kappa shape index (κ1) is 19.2. The van der Waals surface area contributed by atoms with Crippen molar-refractivity contribution < 1.29 is 19.1 Å². The Kier molecular flexibility index (Phi) is 5.14. The third-order valence-corrected chi connectivity index (χ3v) is 6.03. The minimum Gasteiger partial charge on any atom is -0.468 e. The van der Waals surface area contributed by atoms with Gasteiger partial charge in [-0.05, 0) is 35.1 Å². The molecule has 1 aliphatic carbocycles. The zero-order valence-electron chi connectivity index (χ0n) is 16.6. The lowest BCUT2D eigenvalue weighted by molar-refractivity contribution is -0.163. The lowest BCUT2D eigenvalue weighted by Crippen LogP contribution is -2.62. The molecule has 29 heavy (non-hydrogen) atoms. The maximum Gasteiger partial charge on any atom is 0.409 e. The minimum absolute atomic E-state index is 0.0266. The molecular formula is C24H25NO4. The Morgan fingerprint density at radius 3 is 2.24 bits per heavy atom. The summed E-state index contributed by atoms with van der Waals surface area (Å²) in [6.45, 7) is 4.64. The number of fused-ring (bicyclic) bond motifs is 3. The summed E-state index contributed by atoms with van der Waals surface area (Å²) in [5, 5.41) is 0. The first-order valence-corrected chi connectivity index (χ1v) is 9.89. The Hall–Kier alpha value is -3.08. The van der Waals surface area contributed by atoms with Crippen molar-refractivity contribution in [3.63, 3.8) is 0 Å². The molecule has 1 saturated heterocycles. The van der Waals surface area contributed by atoms with Crippen LogP contribution < -0.4 is 0 Å². The maximum absolute atomic E-state index is 12.6. The highest BCUT2D eigenvalue weighted by Crippen LogP contribution is 2.45. The van der Waals surface area contributed by atoms with Gasteiger partial charge >= 0.3 is 12.1 Å². The SMILES string of the molecule is C=CCCC1(C(=O)OC)CN(C(=O)OCC2c3ccccc3-c3ccccc32)C1. The molecule has 0 spiro atoms. The third kappa shape index (κ3) is 3.31. The normalized spacial score (nSPS) is 16.4. The van der Waals surface area contributed by atoms with Crippen LogP contribution in [0.25, 0.3) is 11.1 Å². The number of hydrogen-bond acceptors (Lipinski definition) is 4. The van der Waals surface area contributed by atoms with E-state index in [2.05, 4.69) is 30.8 Å². The van der Waals surface area contributed by atoms with E-state index < -0.39 is 5.41 Å². The van der Waals surface area contributed by atoms with Gasteiger partial charge in [-0.15, -0.1) is 6.58 Å². The van der Waals surface area contributed by atoms with Crippen LogP contribution >= 0.6 is 0 Å². The van der Waals surface area contributed by atoms with E-state index in [0.29, 0.717) is 25.9 Å². The van der Waals surface area contributed by atoms with Crippen LogP contribution in [0.4, 0.5) is 4.79 Å². The summed E-state index contributed by atoms with van der Waals surface area (Å²) in [4.78, 5) is 26.4. The number of allylic oxidation sites excluding steroid dienone is 1. The van der Waals surface area contributed by atoms with Crippen molar-refractivity contribution in [2.24, 2.45) is 5.41 Å². The van der Waals surface area contributed by atoms with Crippen LogP contribution in [0.5, 0.6) is 0 Å². The second-order valence-electron chi connectivity index (χ2n) is 7.76. The molecule has 1 amide bonds. The van der Waals surface area contributed by atoms with Crippen LogP contribution in [0.1, 0.15) is 29.9 Å². The first-order valence-electron chi connectivity index (χ1n) is 9.89. The van der Waals surface area contributed by atoms with E-state index >= 15 is 0 Å². The van der Waals surface area contributed by atoms with Crippen LogP contribution in [0.3, 0.4) is 0 Å². The van der Waals surface area contributed by atoms with Crippen molar-refractivity contribution >= 4 is 12.1 Å². The molecule has 150 valence electrons. The first-order chi connectivity index (χ1) is 14.1. The van der Waals surface area contributed by atoms with Gasteiger partial charge < -0.3 is 14.4 Å². The summed E-state index contributed by atoms with van der Waals surface area (Å²) in [6, 6.07) is 16.5. The molecule has 2 aromatic carbocycles. The molecule has 0 radical (unpaired) electrons. The zero-order chi connectivity index (χ0) is 20.4. The molecule has 4 rings (SSSR count). The minimum atomic E-state index is -0.644. The van der Waals surface area contributed by atoms with Gasteiger partial charge in [-0.2, -0.15) is 0 Å². The Labute approximate surface area is 170 Å². The summed E-state index contributed by atoms with van der Waals surface area (Å²) in [5.74, 6) is -0.249. The molecule has 0 unspecified atom stereocenters. The van der Waals surface area contributed by atoms with Crippen molar-refractivity contribution in [1.82, 2.24) is 4.90 Å². The lowest BCUT2D eigenvalue weighted by atomic mass is 9.76. The summed E-state index contributed by atoms with van der Waals surface area (Å²) in [6.07, 6.45) is 2.72. The van der Waals surface area contributed by atoms with Crippen molar-refractivity contribution in [3.8, 4) is 11.1 Å². The Morgan fingerprint density at radius 1 is 1.10 bits per heavy atom. The largest absolute Gasteiger partial charge is 0.468 e. The molecule has 0 saturated carbocycles. The van der Waals surface area contributed by atoms with Crippen LogP contribution in [-0.4, -0.2) is 43.8 Å². The highest BCUT2D eigenvalue weighted by Gasteiger charge is 2.52. The molecule has 0 N–H and O–H groups in total. The number of benzene rings is 2. The molecule has 0 bridgehead atoms. The fraction of sp³-hybridized carbons (Fsp3) is 0.333. The molecule has 1 aliphatic heterocycles. The molecule has 1 fully saturated rings. The van der Waals surface area contributed by atoms with E-state index in [0.717, 1.165) is 0 Å². The second-order valence-corrected chi connectivity index (χ2v) is 7.76. The van der Waals surface area contributed by atoms with Gasteiger partial charge in [0.1, 0.15) is 12.0 Å². The molecule has 0 atom stereocenters. The number of hydrogen-bond donors (Lipinski definition) is 0. The second kappa shape index (κ2) is 7.74. The maximum atomic E-state index is 12.6. The molecule has 1 heterocycles. The number of carbonyl (C=O) groups excluding carboxylic acids is 2. The quantitative estimate of drug-likeness (QED) is 0.542. The lowest BCUT2D eigenvalue weighted by Gasteiger charge is -2.47. The Bertz CT molecular complexity index is 900. The van der Waals surface area contributed by atoms with E-state index in [-0.39, 0.29) is 24.6 Å². The number of amides is 1. The predicted molar refractivity (Wildman–Crippen MR) is 111 cm³/mol. The number of nitrogens with zero attached hydrogens (tertiary/aromatic N) is 1. The van der Waals surface area contributed by atoms with Crippen LogP contribution in [0.2, 0.25) is 0 Å². The molecule has 2 aliphatic rings. The Balaban J connectivity index is 1.42. The van der Waals surface area contributed by atoms with Gasteiger partial charge in [0.25, 0.3) is 0 Å². The van der Waals surface area contributed by atoms with Gasteiger partial charge in [-0.25, -0.2) is 4.79 Å². The molecule has 0 aromatic heterocycles. The van der Waals surface area contributed by atoms with E-state index in [1.54, 1.807) is 11.0 Å². The monoisotopic (exact) mass is 391 g/mol. The zero-order valence-corrected chi connectivity index (χ0v) is 16.6. The molecule has 5 nitrogen and oxygen atoms in total. The predicted octanol–water partition coefficient (Wildman–Crippen LogP) is 4.38. The molecule has 5 heteroatoms. The smallest absolute Gasteiger partial charge is 0.409 e. The average Bonchev–Trinajstić information content (AvgIpc) is 3.05. The number of methoxy groups -OCH3 is 1. The number of likely N-dealkylation sites (tertiary alicyclic amines) is 1. The van der Waals surface area contributed by atoms with Crippen molar-refractivity contribution in [1.29, 1.82) is 0 Å². The summed E-state index contributed by atoms with van der Waals surface area (Å²) >= 11 is 0. The van der Waals surface area contributed by atoms with E-state index in [1.165, 1.54) is 29.4 Å². The third-order valence-electron chi connectivity index (χ3n) is 6.03. The average molecular weight is 391 g/mol.